The molecule has 0 radical (unpaired) electrons. The average molecular weight is 359 g/mol. The topological polar surface area (TPSA) is 61.9 Å². The Morgan fingerprint density at radius 1 is 1.27 bits per heavy atom. The van der Waals surface area contributed by atoms with Crippen molar-refractivity contribution in [2.45, 2.75) is 25.7 Å². The first-order chi connectivity index (χ1) is 12.5. The van der Waals surface area contributed by atoms with Crippen molar-refractivity contribution in [3.63, 3.8) is 0 Å². The van der Waals surface area contributed by atoms with Crippen molar-refractivity contribution in [3.8, 4) is 5.75 Å². The molecule has 1 saturated heterocycles. The Morgan fingerprint density at radius 3 is 2.65 bits per heavy atom. The van der Waals surface area contributed by atoms with Crippen molar-refractivity contribution < 1.29 is 14.3 Å². The summed E-state index contributed by atoms with van der Waals surface area (Å²) in [5.41, 5.74) is 0.0688. The highest BCUT2D eigenvalue weighted by Crippen LogP contribution is 2.45. The smallest absolute Gasteiger partial charge is 0.319 e. The van der Waals surface area contributed by atoms with E-state index in [0.29, 0.717) is 19.7 Å². The number of amides is 3. The molecule has 2 aliphatic rings. The van der Waals surface area contributed by atoms with E-state index in [1.54, 1.807) is 23.9 Å². The highest BCUT2D eigenvalue weighted by Gasteiger charge is 2.44. The molecular formula is C20H29N3O3. The summed E-state index contributed by atoms with van der Waals surface area (Å²) in [6, 6.07) is 9.77. The monoisotopic (exact) mass is 359 g/mol. The number of carbonyl (C=O) groups excluding carboxylic acids is 2. The fourth-order valence-corrected chi connectivity index (χ4v) is 3.37. The van der Waals surface area contributed by atoms with Gasteiger partial charge in [-0.25, -0.2) is 4.79 Å². The van der Waals surface area contributed by atoms with Crippen LogP contribution in [0.3, 0.4) is 0 Å². The molecule has 0 unspecified atom stereocenters. The molecule has 1 aliphatic heterocycles. The van der Waals surface area contributed by atoms with Gasteiger partial charge in [0.2, 0.25) is 5.91 Å². The molecule has 0 aromatic heterocycles. The third-order valence-electron chi connectivity index (χ3n) is 5.33. The molecule has 1 aromatic rings. The first-order valence-electron chi connectivity index (χ1n) is 9.41. The van der Waals surface area contributed by atoms with Crippen LogP contribution in [0.5, 0.6) is 5.75 Å². The highest BCUT2D eigenvalue weighted by atomic mass is 16.5. The van der Waals surface area contributed by atoms with E-state index < -0.39 is 0 Å². The first kappa shape index (κ1) is 18.5. The summed E-state index contributed by atoms with van der Waals surface area (Å²) in [6.07, 6.45) is 3.88. The minimum Gasteiger partial charge on any atom is -0.493 e. The van der Waals surface area contributed by atoms with E-state index in [1.807, 2.05) is 30.3 Å². The van der Waals surface area contributed by atoms with E-state index in [2.05, 4.69) is 5.32 Å². The summed E-state index contributed by atoms with van der Waals surface area (Å²) in [5, 5.41) is 3.11. The summed E-state index contributed by atoms with van der Waals surface area (Å²) >= 11 is 0. The molecule has 142 valence electrons. The number of carbonyl (C=O) groups is 2. The maximum atomic E-state index is 12.6. The lowest BCUT2D eigenvalue weighted by molar-refractivity contribution is -0.126. The van der Waals surface area contributed by atoms with Crippen molar-refractivity contribution in [1.29, 1.82) is 0 Å². The number of nitrogens with one attached hydrogen (secondary N) is 1. The van der Waals surface area contributed by atoms with Crippen LogP contribution in [0.4, 0.5) is 4.79 Å². The molecule has 3 rings (SSSR count). The lowest BCUT2D eigenvalue weighted by Gasteiger charge is -2.34. The van der Waals surface area contributed by atoms with Crippen molar-refractivity contribution >= 4 is 11.9 Å². The molecule has 2 fully saturated rings. The summed E-state index contributed by atoms with van der Waals surface area (Å²) in [7, 11) is 3.49. The summed E-state index contributed by atoms with van der Waals surface area (Å²) in [6.45, 7) is 2.52. The molecule has 1 heterocycles. The second-order valence-corrected chi connectivity index (χ2v) is 7.78. The minimum absolute atomic E-state index is 0.0163. The molecule has 1 N–H and O–H groups in total. The van der Waals surface area contributed by atoms with Gasteiger partial charge >= 0.3 is 6.03 Å². The van der Waals surface area contributed by atoms with Gasteiger partial charge in [-0.1, -0.05) is 18.2 Å². The molecule has 6 nitrogen and oxygen atoms in total. The summed E-state index contributed by atoms with van der Waals surface area (Å²) < 4.78 is 5.88. The van der Waals surface area contributed by atoms with Gasteiger partial charge in [0, 0.05) is 39.1 Å². The Morgan fingerprint density at radius 2 is 2.00 bits per heavy atom. The lowest BCUT2D eigenvalue weighted by Crippen LogP contribution is -2.49. The van der Waals surface area contributed by atoms with Gasteiger partial charge in [0.15, 0.2) is 0 Å². The summed E-state index contributed by atoms with van der Waals surface area (Å²) in [5.74, 6) is 0.820. The number of likely N-dealkylation sites (tertiary alicyclic amines) is 1. The second kappa shape index (κ2) is 7.98. The Bertz CT molecular complexity index is 628. The van der Waals surface area contributed by atoms with E-state index in [0.717, 1.165) is 38.0 Å². The van der Waals surface area contributed by atoms with Crippen LogP contribution in [0.2, 0.25) is 0 Å². The van der Waals surface area contributed by atoms with Gasteiger partial charge in [0.1, 0.15) is 5.75 Å². The Balaban J connectivity index is 1.45. The van der Waals surface area contributed by atoms with Crippen LogP contribution in [0.15, 0.2) is 30.3 Å². The molecule has 1 aliphatic carbocycles. The van der Waals surface area contributed by atoms with Crippen molar-refractivity contribution in [1.82, 2.24) is 15.1 Å². The zero-order valence-electron chi connectivity index (χ0n) is 15.7. The standard InChI is InChI=1S/C20H29N3O3/c1-22(2)19(25)23-12-6-7-16(13-23)18(24)21-14-20(10-11-20)15-26-17-8-4-3-5-9-17/h3-5,8-9,16H,6-7,10-15H2,1-2H3,(H,21,24)/t16-/m0/s1. The number of hydrogen-bond donors (Lipinski definition) is 1. The predicted molar refractivity (Wildman–Crippen MR) is 100.0 cm³/mol. The van der Waals surface area contributed by atoms with Crippen LogP contribution >= 0.6 is 0 Å². The SMILES string of the molecule is CN(C)C(=O)N1CCC[C@H](C(=O)NCC2(COc3ccccc3)CC2)C1. The van der Waals surface area contributed by atoms with Crippen LogP contribution in [0.1, 0.15) is 25.7 Å². The van der Waals surface area contributed by atoms with E-state index in [-0.39, 0.29) is 23.3 Å². The van der Waals surface area contributed by atoms with Crippen molar-refractivity contribution in [2.75, 3.05) is 40.3 Å². The lowest BCUT2D eigenvalue weighted by atomic mass is 9.97. The van der Waals surface area contributed by atoms with E-state index in [4.69, 9.17) is 4.74 Å². The van der Waals surface area contributed by atoms with Gasteiger partial charge in [-0.15, -0.1) is 0 Å². The molecule has 6 heteroatoms. The quantitative estimate of drug-likeness (QED) is 0.848. The number of ether oxygens (including phenoxy) is 1. The largest absolute Gasteiger partial charge is 0.493 e. The molecular weight excluding hydrogens is 330 g/mol. The third kappa shape index (κ3) is 4.68. The zero-order chi connectivity index (χ0) is 18.6. The number of piperidine rings is 1. The first-order valence-corrected chi connectivity index (χ1v) is 9.41. The van der Waals surface area contributed by atoms with Gasteiger partial charge in [-0.3, -0.25) is 4.79 Å². The second-order valence-electron chi connectivity index (χ2n) is 7.78. The molecule has 0 spiro atoms. The Hall–Kier alpha value is -2.24. The fourth-order valence-electron chi connectivity index (χ4n) is 3.37. The van der Waals surface area contributed by atoms with Crippen LogP contribution < -0.4 is 10.1 Å². The van der Waals surface area contributed by atoms with Gasteiger partial charge in [0.25, 0.3) is 0 Å². The maximum Gasteiger partial charge on any atom is 0.319 e. The molecule has 1 aromatic carbocycles. The molecule has 1 atom stereocenters. The van der Waals surface area contributed by atoms with Gasteiger partial charge in [0.05, 0.1) is 12.5 Å². The number of nitrogens with zero attached hydrogens (tertiary/aromatic N) is 2. The number of benzene rings is 1. The van der Waals surface area contributed by atoms with Crippen LogP contribution in [0, 0.1) is 11.3 Å². The maximum absolute atomic E-state index is 12.6. The van der Waals surface area contributed by atoms with E-state index in [1.165, 1.54) is 0 Å². The average Bonchev–Trinajstić information content (AvgIpc) is 3.45. The number of rotatable bonds is 6. The molecule has 0 bridgehead atoms. The van der Waals surface area contributed by atoms with E-state index >= 15 is 0 Å². The highest BCUT2D eigenvalue weighted by molar-refractivity contribution is 5.80. The third-order valence-corrected chi connectivity index (χ3v) is 5.33. The van der Waals surface area contributed by atoms with Gasteiger partial charge in [-0.05, 0) is 37.8 Å². The van der Waals surface area contributed by atoms with Crippen molar-refractivity contribution in [3.05, 3.63) is 30.3 Å². The minimum atomic E-state index is -0.113. The molecule has 26 heavy (non-hydrogen) atoms. The summed E-state index contributed by atoms with van der Waals surface area (Å²) in [4.78, 5) is 28.0. The van der Waals surface area contributed by atoms with Crippen LogP contribution in [-0.2, 0) is 4.79 Å². The number of para-hydroxylation sites is 1. The zero-order valence-corrected chi connectivity index (χ0v) is 15.7. The number of urea groups is 1. The normalized spacial score (nSPS) is 21.0. The van der Waals surface area contributed by atoms with Gasteiger partial charge in [-0.2, -0.15) is 0 Å². The van der Waals surface area contributed by atoms with E-state index in [9.17, 15) is 9.59 Å². The number of hydrogen-bond acceptors (Lipinski definition) is 3. The predicted octanol–water partition coefficient (Wildman–Crippen LogP) is 2.36. The van der Waals surface area contributed by atoms with Gasteiger partial charge < -0.3 is 19.9 Å². The van der Waals surface area contributed by atoms with Crippen LogP contribution in [-0.4, -0.2) is 62.1 Å². The molecule has 3 amide bonds. The van der Waals surface area contributed by atoms with Crippen molar-refractivity contribution in [2.24, 2.45) is 11.3 Å². The fraction of sp³-hybridized carbons (Fsp3) is 0.600. The van der Waals surface area contributed by atoms with Crippen LogP contribution in [0.25, 0.3) is 0 Å². The Kier molecular flexibility index (Phi) is 5.69. The molecule has 1 saturated carbocycles. The Labute approximate surface area is 155 Å².